The molecule has 30 nitrogen and oxygen atoms in total. The molecule has 10 aromatic rings. The Kier molecular flexibility index (Phi) is 41.6. The molecule has 43 heteroatoms. The number of carbonyl (C=O) groups excluding carboxylic acids is 6. The van der Waals surface area contributed by atoms with Crippen molar-refractivity contribution in [3.8, 4) is 18.2 Å². The van der Waals surface area contributed by atoms with E-state index in [0.29, 0.717) is 74.3 Å². The molecule has 0 aliphatic carbocycles. The Balaban J connectivity index is 0.000000703. The number of rotatable bonds is 18. The number of H-pyrrole nitrogens is 1. The van der Waals surface area contributed by atoms with Gasteiger partial charge < -0.3 is 50.5 Å². The molecule has 4 N–H and O–H groups in total. The number of aryl methyl sites for hydroxylation is 1. The fourth-order valence-electron chi connectivity index (χ4n) is 9.06. The Morgan fingerprint density at radius 2 is 1.15 bits per heavy atom. The van der Waals surface area contributed by atoms with Crippen LogP contribution in [0.2, 0.25) is 30.7 Å². The Morgan fingerprint density at radius 3 is 1.60 bits per heavy atom. The topological polar surface area (TPSA) is 408 Å². The van der Waals surface area contributed by atoms with Gasteiger partial charge in [0.25, 0.3) is 0 Å². The van der Waals surface area contributed by atoms with Gasteiger partial charge in [-0.2, -0.15) is 33.6 Å². The minimum absolute atomic E-state index is 0. The van der Waals surface area contributed by atoms with Crippen LogP contribution in [0, 0.1) is 52.2 Å². The molecule has 0 radical (unpaired) electrons. The fraction of sp³-hybridized carbons (Fsp3) is 0.352. The van der Waals surface area contributed by atoms with Crippen molar-refractivity contribution in [2.75, 3.05) is 18.4 Å². The van der Waals surface area contributed by atoms with Gasteiger partial charge in [-0.05, 0) is 84.6 Å². The first-order chi connectivity index (χ1) is 52.5. The van der Waals surface area contributed by atoms with E-state index < -0.39 is 53.5 Å². The van der Waals surface area contributed by atoms with Gasteiger partial charge in [-0.25, -0.2) is 48.7 Å². The van der Waals surface area contributed by atoms with Crippen LogP contribution in [0.15, 0.2) is 80.3 Å². The van der Waals surface area contributed by atoms with E-state index in [-0.39, 0.29) is 159 Å². The van der Waals surface area contributed by atoms with Crippen molar-refractivity contribution in [2.24, 2.45) is 0 Å². The van der Waals surface area contributed by atoms with Crippen LogP contribution in [-0.4, -0.2) is 163 Å². The Labute approximate surface area is 711 Å². The van der Waals surface area contributed by atoms with Crippen molar-refractivity contribution in [1.82, 2.24) is 79.3 Å². The molecule has 8 aromatic heterocycles. The predicted molar refractivity (Wildman–Crippen MR) is 416 cm³/mol. The monoisotopic (exact) mass is 1770 g/mol. The van der Waals surface area contributed by atoms with E-state index in [1.807, 2.05) is 52.8 Å². The number of carbonyl (C=O) groups is 7. The molecule has 0 bridgehead atoms. The van der Waals surface area contributed by atoms with E-state index in [9.17, 15) is 50.7 Å². The molecule has 0 spiro atoms. The summed E-state index contributed by atoms with van der Waals surface area (Å²) < 4.78 is 73.1. The molecule has 2 aromatic carbocycles. The minimum atomic E-state index is -4.64. The number of aldehydes is 1. The zero-order chi connectivity index (χ0) is 84.1. The number of amides is 2. The SMILES string of the molecule is C.CC(C)(C)OC(=O)CBr.CC(C)(C)OC(=O)Cn1cc(C#N)c2c(Cl)ncnc21.CC(C)NCC(=O)CCc1cccc(Cl)c1F.N#Cc1c[nH]c2ncnc(Cl)c12.N#Cc1cn(CC(=O)O)c2ncnc(Cl)c12.O=CC(F)(F)F.[C-]#[N+]c1nn(CC(=O)N(CC(=O)NCc2cccc(Cl)c2F)C(C)C)c2ncnc(Cl)c12.[H-].[Na+]. The molecule has 0 saturated heterocycles. The summed E-state index contributed by atoms with van der Waals surface area (Å²) in [7, 11) is 0. The quantitative estimate of drug-likeness (QED) is 0.0118. The molecule has 0 aliphatic rings. The maximum Gasteiger partial charge on any atom is 1.00 e. The zero-order valence-electron chi connectivity index (χ0n) is 62.9. The predicted octanol–water partition coefficient (Wildman–Crippen LogP) is 11.4. The number of hydrogen-bond acceptors (Lipinski definition) is 22. The van der Waals surface area contributed by atoms with Gasteiger partial charge in [0, 0.05) is 49.2 Å². The number of halogens is 12. The van der Waals surface area contributed by atoms with Crippen LogP contribution in [0.5, 0.6) is 0 Å². The van der Waals surface area contributed by atoms with Gasteiger partial charge in [0.05, 0.1) is 61.4 Å². The number of aromatic amines is 1. The number of aromatic nitrogens is 13. The van der Waals surface area contributed by atoms with E-state index in [2.05, 4.69) is 81.4 Å². The maximum absolute atomic E-state index is 14.0. The van der Waals surface area contributed by atoms with Gasteiger partial charge in [0.15, 0.2) is 5.65 Å². The van der Waals surface area contributed by atoms with Crippen molar-refractivity contribution in [3.63, 3.8) is 0 Å². The van der Waals surface area contributed by atoms with Crippen LogP contribution < -0.4 is 40.2 Å². The van der Waals surface area contributed by atoms with Gasteiger partial charge in [0.1, 0.15) is 135 Å². The van der Waals surface area contributed by atoms with Crippen molar-refractivity contribution < 1.29 is 101 Å². The van der Waals surface area contributed by atoms with Crippen LogP contribution in [0.25, 0.3) is 49.0 Å². The standard InChI is InChI=1S/C20H18Cl2FN7O2.C13H17ClFNO.C13H13ClN4O2.C9H5ClN4O2.C7H3ClN4.C6H11BrO2.C2HF3O.CH4.Na.H/c1-11(2)29(8-14(31)25-7-12-5-4-6-13(21)17(12)23)15(32)9-30-20-16(19(24-3)28-30)18(22)26-10-27-20;1-9(2)16-8-11(17)7-6-10-4-3-5-12(14)13(10)15;1-13(2,3)20-9(19)6-18-5-8(4-15)10-11(14)16-7-17-12(10)18;10-8-7-5(1-11)2-14(3-6(15)16)9(7)13-4-12-8;8-6-5-4(1-9)2-10-7(5)12-3-11-6;1-6(2,3)9-5(8)4-7;3-2(4,5)1-6;;;/h4-6,10-11H,7-9H2,1-2H3,(H,25,31);3-5,9,16H,6-8H2,1-2H3;5,7H,6H2,1-3H3;2,4H,3H2,(H,15,16);2-3H,(H,10,11,12);4H2,1-3H3;1H;1H4;;/q;;;;;;;;+1;-1. The molecule has 0 unspecified atom stereocenters. The second kappa shape index (κ2) is 47.2. The second-order valence-electron chi connectivity index (χ2n) is 25.2. The average molecular weight is 1780 g/mol. The summed E-state index contributed by atoms with van der Waals surface area (Å²) in [5.74, 6) is -3.49. The number of nitrogens with zero attached hydrogens (tertiary/aromatic N) is 17. The van der Waals surface area contributed by atoms with Crippen LogP contribution in [0.3, 0.4) is 0 Å². The smallest absolute Gasteiger partial charge is 1.00 e. The fourth-order valence-corrected chi connectivity index (χ4v) is 10.5. The van der Waals surface area contributed by atoms with Crippen LogP contribution in [0.4, 0.5) is 27.8 Å². The van der Waals surface area contributed by atoms with Crippen LogP contribution in [0.1, 0.15) is 112 Å². The summed E-state index contributed by atoms with van der Waals surface area (Å²) in [5.41, 5.74) is 2.49. The van der Waals surface area contributed by atoms with E-state index in [0.717, 1.165) is 0 Å². The van der Waals surface area contributed by atoms with Crippen LogP contribution in [-0.2, 0) is 75.6 Å². The first kappa shape index (κ1) is 100. The van der Waals surface area contributed by atoms with Gasteiger partial charge in [-0.15, -0.1) is 0 Å². The molecular weight excluding hydrogens is 1700 g/mol. The number of Topliss-reactive ketones (excluding diaryl/α,β-unsaturated/α-hetero) is 1. The van der Waals surface area contributed by atoms with Gasteiger partial charge >= 0.3 is 59.5 Å². The number of carboxylic acids is 1. The van der Waals surface area contributed by atoms with Crippen molar-refractivity contribution in [1.29, 1.82) is 15.8 Å². The number of hydrogen-bond donors (Lipinski definition) is 4. The molecule has 0 aliphatic heterocycles. The van der Waals surface area contributed by atoms with E-state index in [1.165, 1.54) is 74.6 Å². The summed E-state index contributed by atoms with van der Waals surface area (Å²) in [6.45, 7) is 25.1. The minimum Gasteiger partial charge on any atom is -1.00 e. The van der Waals surface area contributed by atoms with Crippen LogP contribution >= 0.6 is 85.5 Å². The number of fused-ring (bicyclic) bond motifs is 4. The first-order valence-corrected chi connectivity index (χ1v) is 35.7. The number of carboxylic acid groups (broad SMARTS) is 1. The normalized spacial score (nSPS) is 10.6. The number of benzene rings is 2. The second-order valence-corrected chi connectivity index (χ2v) is 28.0. The number of esters is 2. The summed E-state index contributed by atoms with van der Waals surface area (Å²) in [4.78, 5) is 117. The number of ketones is 1. The number of alkyl halides is 4. The molecule has 10 rings (SSSR count). The molecule has 114 heavy (non-hydrogen) atoms. The van der Waals surface area contributed by atoms with Gasteiger partial charge in [0.2, 0.25) is 18.1 Å². The summed E-state index contributed by atoms with van der Waals surface area (Å²) >= 11 is 38.0. The number of aliphatic carboxylic acids is 1. The third-order valence-electron chi connectivity index (χ3n) is 13.7. The number of nitrogens with one attached hydrogen (secondary N) is 3. The number of ether oxygens (including phenoxy) is 2. The first-order valence-electron chi connectivity index (χ1n) is 32.3. The molecule has 0 atom stereocenters. The van der Waals surface area contributed by atoms with Crippen molar-refractivity contribution in [2.45, 2.75) is 145 Å². The molecule has 8 heterocycles. The summed E-state index contributed by atoms with van der Waals surface area (Å²) in [6, 6.07) is 15.3. The molecular formula is C71H73BrCl6F5N20NaO10. The Bertz CT molecular complexity index is 5210. The average Bonchev–Trinajstić information content (AvgIpc) is 1.65. The number of nitriles is 3. The van der Waals surface area contributed by atoms with Gasteiger partial charge in [-0.1, -0.05) is 138 Å². The molecule has 0 fully saturated rings. The molecule has 2 amide bonds. The third-order valence-corrected chi connectivity index (χ3v) is 15.9. The Hall–Kier alpha value is -9.67. The van der Waals surface area contributed by atoms with E-state index in [4.69, 9.17) is 111 Å². The van der Waals surface area contributed by atoms with Crippen molar-refractivity contribution >= 4 is 177 Å². The third kappa shape index (κ3) is 32.0. The maximum atomic E-state index is 14.0. The zero-order valence-corrected chi connectivity index (χ0v) is 70.0. The van der Waals surface area contributed by atoms with E-state index in [1.54, 1.807) is 59.0 Å². The summed E-state index contributed by atoms with van der Waals surface area (Å²) in [6.07, 6.45) is 4.59. The largest absolute Gasteiger partial charge is 1.00 e. The Morgan fingerprint density at radius 1 is 0.693 bits per heavy atom. The summed E-state index contributed by atoms with van der Waals surface area (Å²) in [5, 5.41) is 47.8. The van der Waals surface area contributed by atoms with Gasteiger partial charge in [-0.3, -0.25) is 33.6 Å². The molecule has 0 saturated carbocycles. The molecule has 602 valence electrons. The van der Waals surface area contributed by atoms with E-state index >= 15 is 0 Å². The van der Waals surface area contributed by atoms with Crippen molar-refractivity contribution in [3.05, 3.63) is 162 Å².